The van der Waals surface area contributed by atoms with E-state index in [0.717, 1.165) is 12.8 Å². The quantitative estimate of drug-likeness (QED) is 0.680. The number of benzene rings is 1. The number of carbonyl (C=O) groups is 2. The zero-order valence-electron chi connectivity index (χ0n) is 19.2. The highest BCUT2D eigenvalue weighted by Crippen LogP contribution is 2.64. The standard InChI is InChI=1S/C25H25ClFN3O5/c1-35-9-8-29-23(33)20-15-5-7-28(12-13-2-3-18(27)17(26)10-13)22(32)19(15)21(31)24(34)30(20)25(29)6-4-14-11-16(14)25/h2-3,10,14,16,31H,4-9,11-12H2,1H3/t14?,16-,25?/m0/s1. The summed E-state index contributed by atoms with van der Waals surface area (Å²) in [5, 5.41) is 11.0. The molecule has 10 heteroatoms. The molecule has 3 atom stereocenters. The predicted molar refractivity (Wildman–Crippen MR) is 124 cm³/mol. The molecule has 2 aliphatic carbocycles. The minimum Gasteiger partial charge on any atom is -0.502 e. The van der Waals surface area contributed by atoms with E-state index in [9.17, 15) is 23.9 Å². The molecular formula is C25H25ClFN3O5. The van der Waals surface area contributed by atoms with Crippen LogP contribution in [-0.4, -0.2) is 58.1 Å². The van der Waals surface area contributed by atoms with Gasteiger partial charge < -0.3 is 19.6 Å². The van der Waals surface area contributed by atoms with E-state index < -0.39 is 28.7 Å². The molecule has 8 nitrogen and oxygen atoms in total. The van der Waals surface area contributed by atoms with Gasteiger partial charge in [-0.15, -0.1) is 0 Å². The Hall–Kier alpha value is -2.91. The Balaban J connectivity index is 1.44. The summed E-state index contributed by atoms with van der Waals surface area (Å²) in [5.74, 6) is -1.35. The summed E-state index contributed by atoms with van der Waals surface area (Å²) in [5.41, 5.74) is -0.331. The lowest BCUT2D eigenvalue weighted by atomic mass is 9.95. The van der Waals surface area contributed by atoms with Crippen molar-refractivity contribution in [1.29, 1.82) is 0 Å². The van der Waals surface area contributed by atoms with Crippen molar-refractivity contribution in [2.75, 3.05) is 26.8 Å². The zero-order valence-corrected chi connectivity index (χ0v) is 20.0. The fraction of sp³-hybridized carbons (Fsp3) is 0.480. The van der Waals surface area contributed by atoms with Gasteiger partial charge in [0.25, 0.3) is 17.4 Å². The molecule has 0 radical (unpaired) electrons. The number of hydrogen-bond acceptors (Lipinski definition) is 5. The number of amides is 2. The van der Waals surface area contributed by atoms with Crippen molar-refractivity contribution in [2.24, 2.45) is 11.8 Å². The Kier molecular flexibility index (Phi) is 5.02. The van der Waals surface area contributed by atoms with Crippen molar-refractivity contribution < 1.29 is 23.8 Å². The van der Waals surface area contributed by atoms with E-state index in [2.05, 4.69) is 0 Å². The molecule has 1 aromatic heterocycles. The molecule has 2 aliphatic heterocycles. The Morgan fingerprint density at radius 2 is 2.06 bits per heavy atom. The number of ether oxygens (including phenoxy) is 1. The molecule has 0 bridgehead atoms. The third-order valence-corrected chi connectivity index (χ3v) is 8.45. The number of fused-ring (bicyclic) bond motifs is 6. The fourth-order valence-corrected chi connectivity index (χ4v) is 6.73. The molecule has 2 aromatic rings. The molecule has 184 valence electrons. The summed E-state index contributed by atoms with van der Waals surface area (Å²) in [6, 6.07) is 4.22. The van der Waals surface area contributed by atoms with Crippen LogP contribution < -0.4 is 5.56 Å². The first-order chi connectivity index (χ1) is 16.8. The third kappa shape index (κ3) is 3.04. The number of hydrogen-bond donors (Lipinski definition) is 1. The molecule has 0 saturated heterocycles. The van der Waals surface area contributed by atoms with Crippen LogP contribution >= 0.6 is 11.6 Å². The van der Waals surface area contributed by atoms with E-state index in [1.807, 2.05) is 0 Å². The van der Waals surface area contributed by atoms with E-state index in [4.69, 9.17) is 16.3 Å². The van der Waals surface area contributed by atoms with Gasteiger partial charge in [0.15, 0.2) is 5.75 Å². The highest BCUT2D eigenvalue weighted by Gasteiger charge is 2.67. The van der Waals surface area contributed by atoms with Gasteiger partial charge in [-0.3, -0.25) is 19.0 Å². The maximum absolute atomic E-state index is 13.8. The van der Waals surface area contributed by atoms with Gasteiger partial charge in [0.1, 0.15) is 17.2 Å². The van der Waals surface area contributed by atoms with Crippen molar-refractivity contribution in [3.63, 3.8) is 0 Å². The summed E-state index contributed by atoms with van der Waals surface area (Å²) < 4.78 is 20.3. The smallest absolute Gasteiger partial charge is 0.296 e. The maximum atomic E-state index is 13.8. The summed E-state index contributed by atoms with van der Waals surface area (Å²) in [6.45, 7) is 1.09. The average Bonchev–Trinajstić information content (AvgIpc) is 3.48. The molecular weight excluding hydrogens is 477 g/mol. The molecule has 1 aromatic carbocycles. The lowest BCUT2D eigenvalue weighted by Gasteiger charge is -2.38. The van der Waals surface area contributed by atoms with Gasteiger partial charge in [0.05, 0.1) is 17.2 Å². The summed E-state index contributed by atoms with van der Waals surface area (Å²) in [4.78, 5) is 44.0. The molecule has 4 aliphatic rings. The number of carbonyl (C=O) groups excluding carboxylic acids is 2. The average molecular weight is 502 g/mol. The van der Waals surface area contributed by atoms with Gasteiger partial charge in [-0.05, 0) is 49.3 Å². The first-order valence-electron chi connectivity index (χ1n) is 11.8. The topological polar surface area (TPSA) is 92.1 Å². The summed E-state index contributed by atoms with van der Waals surface area (Å²) in [6.07, 6.45) is 2.81. The van der Waals surface area contributed by atoms with Crippen LogP contribution in [-0.2, 0) is 23.4 Å². The molecule has 35 heavy (non-hydrogen) atoms. The molecule has 2 unspecified atom stereocenters. The van der Waals surface area contributed by atoms with E-state index >= 15 is 0 Å². The molecule has 3 heterocycles. The van der Waals surface area contributed by atoms with Crippen LogP contribution in [0, 0.1) is 17.7 Å². The summed E-state index contributed by atoms with van der Waals surface area (Å²) in [7, 11) is 1.57. The second kappa shape index (κ2) is 7.80. The molecule has 2 amide bonds. The van der Waals surface area contributed by atoms with Gasteiger partial charge >= 0.3 is 0 Å². The van der Waals surface area contributed by atoms with Crippen LogP contribution in [0.2, 0.25) is 5.02 Å². The van der Waals surface area contributed by atoms with Crippen LogP contribution in [0.4, 0.5) is 4.39 Å². The van der Waals surface area contributed by atoms with Crippen LogP contribution in [0.5, 0.6) is 5.75 Å². The largest absolute Gasteiger partial charge is 0.502 e. The molecule has 2 fully saturated rings. The Morgan fingerprint density at radius 3 is 2.71 bits per heavy atom. The van der Waals surface area contributed by atoms with E-state index in [0.29, 0.717) is 43.0 Å². The second-order valence-electron chi connectivity index (χ2n) is 9.89. The van der Waals surface area contributed by atoms with Crippen molar-refractivity contribution >= 4 is 23.4 Å². The monoisotopic (exact) mass is 501 g/mol. The minimum atomic E-state index is -0.801. The highest BCUT2D eigenvalue weighted by atomic mass is 35.5. The lowest BCUT2D eigenvalue weighted by Crippen LogP contribution is -2.51. The normalized spacial score (nSPS) is 26.4. The number of aromatic nitrogens is 1. The van der Waals surface area contributed by atoms with E-state index in [-0.39, 0.29) is 41.2 Å². The van der Waals surface area contributed by atoms with E-state index in [1.54, 1.807) is 12.0 Å². The van der Waals surface area contributed by atoms with Crippen LogP contribution in [0.3, 0.4) is 0 Å². The minimum absolute atomic E-state index is 0.0479. The fourth-order valence-electron chi connectivity index (χ4n) is 6.53. The number of methoxy groups -OCH3 is 1. The maximum Gasteiger partial charge on any atom is 0.296 e. The van der Waals surface area contributed by atoms with Crippen molar-refractivity contribution in [3.05, 3.63) is 61.8 Å². The number of aromatic hydroxyl groups is 1. The van der Waals surface area contributed by atoms with Crippen molar-refractivity contribution in [2.45, 2.75) is 37.9 Å². The molecule has 6 rings (SSSR count). The van der Waals surface area contributed by atoms with Crippen molar-refractivity contribution in [1.82, 2.24) is 14.4 Å². The first-order valence-corrected chi connectivity index (χ1v) is 12.2. The van der Waals surface area contributed by atoms with Gasteiger partial charge in [-0.1, -0.05) is 17.7 Å². The van der Waals surface area contributed by atoms with Gasteiger partial charge in [-0.25, -0.2) is 4.39 Å². The van der Waals surface area contributed by atoms with Crippen LogP contribution in [0.1, 0.15) is 51.2 Å². The van der Waals surface area contributed by atoms with Gasteiger partial charge in [-0.2, -0.15) is 0 Å². The Labute approximate surface area is 205 Å². The van der Waals surface area contributed by atoms with Crippen LogP contribution in [0.25, 0.3) is 0 Å². The Bertz CT molecular complexity index is 1340. The SMILES string of the molecule is COCCN1C(=O)c2c3c(c(O)c(=O)n2C12CCC1C[C@@H]12)C(=O)N(Cc1ccc(F)c(Cl)c1)CC3. The van der Waals surface area contributed by atoms with E-state index in [1.165, 1.54) is 27.7 Å². The zero-order chi connectivity index (χ0) is 24.6. The van der Waals surface area contributed by atoms with Crippen molar-refractivity contribution in [3.8, 4) is 5.75 Å². The highest BCUT2D eigenvalue weighted by molar-refractivity contribution is 6.30. The second-order valence-corrected chi connectivity index (χ2v) is 10.3. The number of rotatable bonds is 5. The van der Waals surface area contributed by atoms with Crippen LogP contribution in [0.15, 0.2) is 23.0 Å². The molecule has 2 saturated carbocycles. The molecule has 1 spiro atoms. The van der Waals surface area contributed by atoms with Gasteiger partial charge in [0, 0.05) is 38.2 Å². The lowest BCUT2D eigenvalue weighted by molar-refractivity contribution is 0.0137. The summed E-state index contributed by atoms with van der Waals surface area (Å²) >= 11 is 5.89. The number of halogens is 2. The number of pyridine rings is 1. The predicted octanol–water partition coefficient (Wildman–Crippen LogP) is 2.73. The first kappa shape index (κ1) is 22.5. The third-order valence-electron chi connectivity index (χ3n) is 8.16. The Morgan fingerprint density at radius 1 is 1.26 bits per heavy atom. The molecule has 1 N–H and O–H groups in total. The number of nitrogens with zero attached hydrogens (tertiary/aromatic N) is 3. The van der Waals surface area contributed by atoms with Gasteiger partial charge in [0.2, 0.25) is 0 Å².